The van der Waals surface area contributed by atoms with Crippen LogP contribution in [0.5, 0.6) is 5.75 Å². The Morgan fingerprint density at radius 1 is 1.09 bits per heavy atom. The van der Waals surface area contributed by atoms with Crippen LogP contribution < -0.4 is 9.54 Å². The molecule has 0 aliphatic rings. The minimum Gasteiger partial charge on any atom is -0.406 e. The maximum absolute atomic E-state index is 12.3. The smallest absolute Gasteiger partial charge is 0.406 e. The number of halogens is 3. The lowest BCUT2D eigenvalue weighted by molar-refractivity contribution is -0.274. The van der Waals surface area contributed by atoms with Crippen molar-refractivity contribution in [3.8, 4) is 5.75 Å². The predicted octanol–water partition coefficient (Wildman–Crippen LogP) is 4.32. The molecule has 120 valence electrons. The van der Waals surface area contributed by atoms with E-state index in [9.17, 15) is 13.2 Å². The number of benzene rings is 2. The van der Waals surface area contributed by atoms with Crippen LogP contribution in [0.15, 0.2) is 48.5 Å². The molecular formula is C16H13F3N2OS. The second-order valence-electron chi connectivity index (χ2n) is 4.97. The van der Waals surface area contributed by atoms with Gasteiger partial charge in [-0.05, 0) is 30.2 Å². The van der Waals surface area contributed by atoms with E-state index in [2.05, 4.69) is 4.74 Å². The Balaban J connectivity index is 1.86. The van der Waals surface area contributed by atoms with Gasteiger partial charge in [0.05, 0.1) is 10.2 Å². The van der Waals surface area contributed by atoms with Crippen LogP contribution >= 0.6 is 11.3 Å². The lowest BCUT2D eigenvalue weighted by Crippen LogP contribution is -2.17. The van der Waals surface area contributed by atoms with Crippen molar-refractivity contribution in [1.82, 2.24) is 4.57 Å². The standard InChI is InChI=1S/C16H13F3N2OS/c17-16(18,19)22-12-6-7-13-14(10-12)23-15(20)21(13)9-8-11-4-2-1-3-5-11/h1-7,10,20H,8-9H2. The Morgan fingerprint density at radius 2 is 1.83 bits per heavy atom. The van der Waals surface area contributed by atoms with Crippen molar-refractivity contribution in [2.75, 3.05) is 0 Å². The first-order valence-corrected chi connectivity index (χ1v) is 7.72. The first kappa shape index (κ1) is 15.6. The molecule has 1 N–H and O–H groups in total. The molecule has 0 saturated carbocycles. The molecule has 0 aliphatic heterocycles. The van der Waals surface area contributed by atoms with Gasteiger partial charge in [-0.25, -0.2) is 0 Å². The normalized spacial score (nSPS) is 11.8. The Morgan fingerprint density at radius 3 is 2.52 bits per heavy atom. The van der Waals surface area contributed by atoms with Gasteiger partial charge in [-0.1, -0.05) is 41.7 Å². The van der Waals surface area contributed by atoms with Gasteiger partial charge >= 0.3 is 6.36 Å². The van der Waals surface area contributed by atoms with Crippen LogP contribution in [-0.2, 0) is 13.0 Å². The summed E-state index contributed by atoms with van der Waals surface area (Å²) >= 11 is 1.14. The maximum atomic E-state index is 12.3. The molecule has 7 heteroatoms. The quantitative estimate of drug-likeness (QED) is 0.756. The third-order valence-electron chi connectivity index (χ3n) is 3.37. The lowest BCUT2D eigenvalue weighted by Gasteiger charge is -2.09. The molecule has 0 amide bonds. The average Bonchev–Trinajstić information content (AvgIpc) is 2.79. The summed E-state index contributed by atoms with van der Waals surface area (Å²) in [6.45, 7) is 0.600. The SMILES string of the molecule is N=c1sc2cc(OC(F)(F)F)ccc2n1CCc1ccccc1. The first-order chi connectivity index (χ1) is 10.9. The highest BCUT2D eigenvalue weighted by Crippen LogP contribution is 2.27. The zero-order valence-corrected chi connectivity index (χ0v) is 12.7. The monoisotopic (exact) mass is 338 g/mol. The molecular weight excluding hydrogens is 325 g/mol. The van der Waals surface area contributed by atoms with Gasteiger partial charge in [0.2, 0.25) is 0 Å². The fraction of sp³-hybridized carbons (Fsp3) is 0.188. The summed E-state index contributed by atoms with van der Waals surface area (Å²) in [5, 5.41) is 8.03. The Bertz CT molecular complexity index is 868. The van der Waals surface area contributed by atoms with E-state index in [1.165, 1.54) is 12.1 Å². The fourth-order valence-corrected chi connectivity index (χ4v) is 3.34. The van der Waals surface area contributed by atoms with Crippen LogP contribution in [0, 0.1) is 5.41 Å². The molecule has 0 atom stereocenters. The van der Waals surface area contributed by atoms with Gasteiger partial charge in [0.15, 0.2) is 4.80 Å². The number of aryl methyl sites for hydroxylation is 2. The Hall–Kier alpha value is -2.28. The van der Waals surface area contributed by atoms with E-state index in [0.717, 1.165) is 28.8 Å². The van der Waals surface area contributed by atoms with Crippen LogP contribution in [0.1, 0.15) is 5.56 Å². The van der Waals surface area contributed by atoms with Gasteiger partial charge in [-0.15, -0.1) is 13.2 Å². The molecule has 3 nitrogen and oxygen atoms in total. The number of rotatable bonds is 4. The summed E-state index contributed by atoms with van der Waals surface area (Å²) in [4.78, 5) is 0.306. The van der Waals surface area contributed by atoms with E-state index >= 15 is 0 Å². The first-order valence-electron chi connectivity index (χ1n) is 6.90. The van der Waals surface area contributed by atoms with Crippen molar-refractivity contribution in [3.63, 3.8) is 0 Å². The lowest BCUT2D eigenvalue weighted by atomic mass is 10.1. The molecule has 2 aromatic carbocycles. The number of hydrogen-bond acceptors (Lipinski definition) is 3. The molecule has 3 aromatic rings. The third-order valence-corrected chi connectivity index (χ3v) is 4.33. The van der Waals surface area contributed by atoms with E-state index in [1.54, 1.807) is 10.6 Å². The second kappa shape index (κ2) is 6.08. The summed E-state index contributed by atoms with van der Waals surface area (Å²) in [6.07, 6.45) is -3.96. The zero-order chi connectivity index (χ0) is 16.4. The molecule has 0 fully saturated rings. The number of hydrogen-bond donors (Lipinski definition) is 1. The minimum atomic E-state index is -4.71. The van der Waals surface area contributed by atoms with Crippen LogP contribution in [0.4, 0.5) is 13.2 Å². The molecule has 23 heavy (non-hydrogen) atoms. The van der Waals surface area contributed by atoms with Crippen LogP contribution in [-0.4, -0.2) is 10.9 Å². The largest absolute Gasteiger partial charge is 0.573 e. The van der Waals surface area contributed by atoms with Crippen LogP contribution in [0.25, 0.3) is 10.2 Å². The number of ether oxygens (including phenoxy) is 1. The number of fused-ring (bicyclic) bond motifs is 1. The van der Waals surface area contributed by atoms with Crippen LogP contribution in [0.3, 0.4) is 0 Å². The molecule has 0 aliphatic carbocycles. The molecule has 0 saturated heterocycles. The summed E-state index contributed by atoms with van der Waals surface area (Å²) in [5.74, 6) is -0.263. The third kappa shape index (κ3) is 3.73. The number of nitrogens with zero attached hydrogens (tertiary/aromatic N) is 1. The number of aromatic nitrogens is 1. The van der Waals surface area contributed by atoms with E-state index in [4.69, 9.17) is 5.41 Å². The Labute approximate surface area is 134 Å². The average molecular weight is 338 g/mol. The fourth-order valence-electron chi connectivity index (χ4n) is 2.37. The molecule has 3 rings (SSSR count). The van der Waals surface area contributed by atoms with Gasteiger partial charge < -0.3 is 9.30 Å². The highest BCUT2D eigenvalue weighted by Gasteiger charge is 2.31. The predicted molar refractivity (Wildman–Crippen MR) is 82.5 cm³/mol. The molecule has 0 bridgehead atoms. The molecule has 0 unspecified atom stereocenters. The van der Waals surface area contributed by atoms with Crippen molar-refractivity contribution in [1.29, 1.82) is 5.41 Å². The minimum absolute atomic E-state index is 0.263. The zero-order valence-electron chi connectivity index (χ0n) is 11.9. The molecule has 0 radical (unpaired) electrons. The summed E-state index contributed by atoms with van der Waals surface area (Å²) in [7, 11) is 0. The van der Waals surface area contributed by atoms with E-state index in [1.807, 2.05) is 30.3 Å². The molecule has 1 heterocycles. The highest BCUT2D eigenvalue weighted by atomic mass is 32.1. The molecule has 1 aromatic heterocycles. The van der Waals surface area contributed by atoms with Crippen molar-refractivity contribution >= 4 is 21.6 Å². The van der Waals surface area contributed by atoms with E-state index in [-0.39, 0.29) is 5.75 Å². The number of nitrogens with one attached hydrogen (secondary N) is 1. The highest BCUT2D eigenvalue weighted by molar-refractivity contribution is 7.16. The van der Waals surface area contributed by atoms with Gasteiger partial charge in [0.25, 0.3) is 0 Å². The molecule has 0 spiro atoms. The van der Waals surface area contributed by atoms with Crippen LogP contribution in [0.2, 0.25) is 0 Å². The van der Waals surface area contributed by atoms with Gasteiger partial charge in [-0.2, -0.15) is 0 Å². The van der Waals surface area contributed by atoms with Crippen molar-refractivity contribution in [3.05, 3.63) is 58.9 Å². The van der Waals surface area contributed by atoms with Crippen molar-refractivity contribution in [2.24, 2.45) is 0 Å². The van der Waals surface area contributed by atoms with E-state index < -0.39 is 6.36 Å². The number of thiazole rings is 1. The summed E-state index contributed by atoms with van der Waals surface area (Å²) < 4.78 is 43.1. The van der Waals surface area contributed by atoms with Gasteiger partial charge in [-0.3, -0.25) is 5.41 Å². The van der Waals surface area contributed by atoms with Gasteiger partial charge in [0, 0.05) is 6.54 Å². The summed E-state index contributed by atoms with van der Waals surface area (Å²) in [5.41, 5.74) is 1.89. The van der Waals surface area contributed by atoms with Crippen molar-refractivity contribution < 1.29 is 17.9 Å². The Kier molecular flexibility index (Phi) is 4.12. The second-order valence-corrected chi connectivity index (χ2v) is 6.00. The topological polar surface area (TPSA) is 38.0 Å². The maximum Gasteiger partial charge on any atom is 0.573 e. The number of alkyl halides is 3. The summed E-state index contributed by atoms with van der Waals surface area (Å²) in [6, 6.07) is 14.0. The van der Waals surface area contributed by atoms with E-state index in [0.29, 0.717) is 16.0 Å². The van der Waals surface area contributed by atoms with Gasteiger partial charge in [0.1, 0.15) is 5.75 Å². The van der Waals surface area contributed by atoms with Crippen molar-refractivity contribution in [2.45, 2.75) is 19.3 Å².